The van der Waals surface area contributed by atoms with E-state index in [0.717, 1.165) is 5.56 Å². The molecule has 0 aliphatic carbocycles. The van der Waals surface area contributed by atoms with Crippen molar-refractivity contribution in [3.05, 3.63) is 62.6 Å². The van der Waals surface area contributed by atoms with Crippen molar-refractivity contribution in [1.82, 2.24) is 14.5 Å². The number of carbonyl (C=O) groups is 1. The van der Waals surface area contributed by atoms with E-state index in [1.165, 1.54) is 28.0 Å². The summed E-state index contributed by atoms with van der Waals surface area (Å²) in [5, 5.41) is 5.02. The predicted octanol–water partition coefficient (Wildman–Crippen LogP) is 3.17. The van der Waals surface area contributed by atoms with Gasteiger partial charge in [0, 0.05) is 5.38 Å². The number of hydrogen-bond donors (Lipinski definition) is 1. The Bertz CT molecular complexity index is 1080. The molecule has 0 radical (unpaired) electrons. The van der Waals surface area contributed by atoms with Gasteiger partial charge in [-0.3, -0.25) is 14.2 Å². The largest absolute Gasteiger partial charge is 0.465 e. The minimum Gasteiger partial charge on any atom is -0.465 e. The van der Waals surface area contributed by atoms with Crippen LogP contribution in [0.3, 0.4) is 0 Å². The molecule has 0 amide bonds. The van der Waals surface area contributed by atoms with E-state index in [4.69, 9.17) is 4.74 Å². The van der Waals surface area contributed by atoms with Gasteiger partial charge in [0.1, 0.15) is 23.7 Å². The van der Waals surface area contributed by atoms with Crippen LogP contribution >= 0.6 is 11.3 Å². The van der Waals surface area contributed by atoms with Crippen molar-refractivity contribution in [3.63, 3.8) is 0 Å². The molecule has 29 heavy (non-hydrogen) atoms. The highest BCUT2D eigenvalue weighted by molar-refractivity contribution is 7.07. The standard InChI is InChI=1S/C20H19FN4O3S/c1-2-28-17(26)9-25-19(16-10-29-11-22-16)24-15-8-7-14(23-18(15)20(25)27)12-3-5-13(21)6-4-12/h3-6,10-11,14,23H,2,7-9H2,1H3/t14-/m0/s1. The monoisotopic (exact) mass is 414 g/mol. The maximum atomic E-state index is 13.3. The van der Waals surface area contributed by atoms with E-state index in [-0.39, 0.29) is 30.6 Å². The maximum Gasteiger partial charge on any atom is 0.326 e. The highest BCUT2D eigenvalue weighted by Gasteiger charge is 2.27. The van der Waals surface area contributed by atoms with Gasteiger partial charge in [0.15, 0.2) is 5.82 Å². The van der Waals surface area contributed by atoms with E-state index in [0.29, 0.717) is 35.7 Å². The van der Waals surface area contributed by atoms with Crippen molar-refractivity contribution >= 4 is 23.0 Å². The molecule has 1 N–H and O–H groups in total. The predicted molar refractivity (Wildman–Crippen MR) is 107 cm³/mol. The minimum atomic E-state index is -0.515. The Balaban J connectivity index is 1.75. The van der Waals surface area contributed by atoms with E-state index in [1.54, 1.807) is 29.9 Å². The minimum absolute atomic E-state index is 0.140. The number of thiazole rings is 1. The van der Waals surface area contributed by atoms with E-state index in [2.05, 4.69) is 15.3 Å². The van der Waals surface area contributed by atoms with Gasteiger partial charge in [-0.05, 0) is 37.5 Å². The highest BCUT2D eigenvalue weighted by Crippen LogP contribution is 2.31. The molecule has 3 aromatic rings. The Morgan fingerprint density at radius 2 is 2.17 bits per heavy atom. The molecule has 0 saturated carbocycles. The Morgan fingerprint density at radius 3 is 2.86 bits per heavy atom. The van der Waals surface area contributed by atoms with Crippen LogP contribution < -0.4 is 10.9 Å². The molecular weight excluding hydrogens is 395 g/mol. The van der Waals surface area contributed by atoms with E-state index >= 15 is 0 Å². The molecule has 2 aromatic heterocycles. The number of fused-ring (bicyclic) bond motifs is 1. The van der Waals surface area contributed by atoms with Crippen LogP contribution in [-0.4, -0.2) is 27.1 Å². The quantitative estimate of drug-likeness (QED) is 0.646. The number of aromatic nitrogens is 3. The van der Waals surface area contributed by atoms with Crippen molar-refractivity contribution in [2.24, 2.45) is 0 Å². The van der Waals surface area contributed by atoms with Crippen molar-refractivity contribution in [2.75, 3.05) is 11.9 Å². The van der Waals surface area contributed by atoms with Gasteiger partial charge in [0.2, 0.25) is 0 Å². The molecule has 3 heterocycles. The third kappa shape index (κ3) is 3.91. The summed E-state index contributed by atoms with van der Waals surface area (Å²) in [7, 11) is 0. The van der Waals surface area contributed by atoms with Crippen LogP contribution in [0.25, 0.3) is 11.5 Å². The summed E-state index contributed by atoms with van der Waals surface area (Å²) >= 11 is 1.39. The number of halogens is 1. The second kappa shape index (κ2) is 8.12. The number of anilines is 1. The average molecular weight is 414 g/mol. The fourth-order valence-electron chi connectivity index (χ4n) is 3.40. The number of ether oxygens (including phenoxy) is 1. The molecule has 0 spiro atoms. The lowest BCUT2D eigenvalue weighted by Gasteiger charge is -2.27. The summed E-state index contributed by atoms with van der Waals surface area (Å²) in [6, 6.07) is 6.06. The zero-order chi connectivity index (χ0) is 20.4. The van der Waals surface area contributed by atoms with Crippen molar-refractivity contribution < 1.29 is 13.9 Å². The van der Waals surface area contributed by atoms with E-state index in [1.807, 2.05) is 0 Å². The summed E-state index contributed by atoms with van der Waals surface area (Å²) in [5.74, 6) is -0.472. The van der Waals surface area contributed by atoms with Gasteiger partial charge < -0.3 is 10.1 Å². The van der Waals surface area contributed by atoms with Crippen LogP contribution in [0.15, 0.2) is 40.0 Å². The lowest BCUT2D eigenvalue weighted by Crippen LogP contribution is -2.34. The topological polar surface area (TPSA) is 86.1 Å². The van der Waals surface area contributed by atoms with E-state index < -0.39 is 5.97 Å². The lowest BCUT2D eigenvalue weighted by molar-refractivity contribution is -0.143. The molecule has 150 valence electrons. The van der Waals surface area contributed by atoms with Crippen LogP contribution in [0.2, 0.25) is 0 Å². The average Bonchev–Trinajstić information content (AvgIpc) is 3.25. The smallest absolute Gasteiger partial charge is 0.326 e. The highest BCUT2D eigenvalue weighted by atomic mass is 32.1. The normalized spacial score (nSPS) is 15.4. The summed E-state index contributed by atoms with van der Waals surface area (Å²) < 4.78 is 19.6. The van der Waals surface area contributed by atoms with Crippen molar-refractivity contribution in [1.29, 1.82) is 0 Å². The molecule has 1 aromatic carbocycles. The number of aryl methyl sites for hydroxylation is 1. The molecule has 0 unspecified atom stereocenters. The molecular formula is C20H19FN4O3S. The first-order chi connectivity index (χ1) is 14.1. The zero-order valence-corrected chi connectivity index (χ0v) is 16.5. The van der Waals surface area contributed by atoms with Gasteiger partial charge >= 0.3 is 5.97 Å². The van der Waals surface area contributed by atoms with Gasteiger partial charge in [0.05, 0.1) is 23.9 Å². The Hall–Kier alpha value is -3.07. The van der Waals surface area contributed by atoms with Crippen LogP contribution in [0.1, 0.15) is 30.6 Å². The van der Waals surface area contributed by atoms with Crippen LogP contribution in [0.5, 0.6) is 0 Å². The van der Waals surface area contributed by atoms with Gasteiger partial charge in [-0.15, -0.1) is 11.3 Å². The van der Waals surface area contributed by atoms with Crippen LogP contribution in [0.4, 0.5) is 10.1 Å². The molecule has 1 atom stereocenters. The summed E-state index contributed by atoms with van der Waals surface area (Å²) in [5.41, 5.74) is 3.72. The number of nitrogens with one attached hydrogen (secondary N) is 1. The summed E-state index contributed by atoms with van der Waals surface area (Å²) in [4.78, 5) is 34.3. The van der Waals surface area contributed by atoms with Gasteiger partial charge in [-0.1, -0.05) is 12.1 Å². The van der Waals surface area contributed by atoms with Crippen LogP contribution in [-0.2, 0) is 22.5 Å². The SMILES string of the molecule is CCOC(=O)Cn1c(-c2cscn2)nc2c(c1=O)N[C@H](c1ccc(F)cc1)CC2. The zero-order valence-electron chi connectivity index (χ0n) is 15.7. The molecule has 4 rings (SSSR count). The van der Waals surface area contributed by atoms with Gasteiger partial charge in [-0.25, -0.2) is 14.4 Å². The van der Waals surface area contributed by atoms with E-state index in [9.17, 15) is 14.0 Å². The summed E-state index contributed by atoms with van der Waals surface area (Å²) in [6.45, 7) is 1.69. The number of esters is 1. The number of benzene rings is 1. The number of hydrogen-bond acceptors (Lipinski definition) is 7. The second-order valence-corrected chi connectivity index (χ2v) is 7.33. The van der Waals surface area contributed by atoms with Gasteiger partial charge in [0.25, 0.3) is 5.56 Å². The molecule has 1 aliphatic rings. The number of rotatable bonds is 5. The molecule has 1 aliphatic heterocycles. The maximum absolute atomic E-state index is 13.3. The van der Waals surface area contributed by atoms with Crippen LogP contribution in [0, 0.1) is 5.82 Å². The first kappa shape index (κ1) is 19.3. The first-order valence-electron chi connectivity index (χ1n) is 9.26. The Kier molecular flexibility index (Phi) is 5.39. The first-order valence-corrected chi connectivity index (χ1v) is 10.2. The third-order valence-electron chi connectivity index (χ3n) is 4.76. The lowest BCUT2D eigenvalue weighted by atomic mass is 9.96. The van der Waals surface area contributed by atoms with Gasteiger partial charge in [-0.2, -0.15) is 0 Å². The fraction of sp³-hybridized carbons (Fsp3) is 0.300. The third-order valence-corrected chi connectivity index (χ3v) is 5.35. The Labute approximate surface area is 170 Å². The molecule has 0 saturated heterocycles. The molecule has 9 heteroatoms. The molecule has 0 bridgehead atoms. The molecule has 0 fully saturated rings. The van der Waals surface area contributed by atoms with Crippen molar-refractivity contribution in [2.45, 2.75) is 32.4 Å². The fourth-order valence-corrected chi connectivity index (χ4v) is 3.93. The molecule has 7 nitrogen and oxygen atoms in total. The Morgan fingerprint density at radius 1 is 1.38 bits per heavy atom. The second-order valence-electron chi connectivity index (χ2n) is 6.61. The van der Waals surface area contributed by atoms with Crippen molar-refractivity contribution in [3.8, 4) is 11.5 Å². The number of nitrogens with zero attached hydrogens (tertiary/aromatic N) is 3. The summed E-state index contributed by atoms with van der Waals surface area (Å²) in [6.07, 6.45) is 1.29. The number of carbonyl (C=O) groups excluding carboxylic acids is 1.